The maximum atomic E-state index is 14.5. The number of likely N-dealkylation sites (N-methyl/N-ethyl adjacent to an activating group) is 1. The Hall–Kier alpha value is -2.67. The van der Waals surface area contributed by atoms with E-state index in [0.717, 1.165) is 10.7 Å². The fraction of sp³-hybridized carbons (Fsp3) is 0.796. The third-order valence-corrected chi connectivity index (χ3v) is 17.0. The Bertz CT molecular complexity index is 2050. The second-order valence-electron chi connectivity index (χ2n) is 20.7. The van der Waals surface area contributed by atoms with Gasteiger partial charge in [-0.05, 0) is 123 Å². The van der Waals surface area contributed by atoms with Gasteiger partial charge in [0, 0.05) is 51.5 Å². The molecule has 5 rings (SSSR count). The van der Waals surface area contributed by atoms with Crippen LogP contribution in [0.25, 0.3) is 5.69 Å². The SMILES string of the molecule is CCCNC[C@]1(O)[C@H](C)O[C@@H](O[C@H]2[C@H](C)[C@@H](O[C@@H]3O[C@H](C)C[C@H](N(C)S(=O)(=O)c4ccc(-n5cccn5)cc4)[C@H]3O)[C@](C)(O)C[C@@H](C)CN[C@H](C)[C@@H](O)[C@](C)(O)[C@@H](CC)OC(=O)[C@@H]2C)C[C@@]1(C)OC. The number of aliphatic hydroxyl groups excluding tert-OH is 2. The van der Waals surface area contributed by atoms with Gasteiger partial charge < -0.3 is 64.6 Å². The van der Waals surface area contributed by atoms with Crippen LogP contribution in [0.1, 0.15) is 108 Å². The molecule has 69 heavy (non-hydrogen) atoms. The van der Waals surface area contributed by atoms with Gasteiger partial charge in [0.1, 0.15) is 35.1 Å². The highest BCUT2D eigenvalue weighted by Crippen LogP contribution is 2.43. The van der Waals surface area contributed by atoms with Gasteiger partial charge in [-0.3, -0.25) is 4.79 Å². The minimum Gasteiger partial charge on any atom is -0.459 e. The minimum absolute atomic E-state index is 0.000263. The molecule has 1 aromatic heterocycles. The number of methoxy groups -OCH3 is 1. The van der Waals surface area contributed by atoms with E-state index in [1.165, 1.54) is 33.2 Å². The van der Waals surface area contributed by atoms with E-state index >= 15 is 0 Å². The molecule has 1 aromatic carbocycles. The second-order valence-corrected chi connectivity index (χ2v) is 22.7. The van der Waals surface area contributed by atoms with E-state index in [1.54, 1.807) is 90.7 Å². The van der Waals surface area contributed by atoms with Gasteiger partial charge in [0.15, 0.2) is 12.6 Å². The topological polar surface area (TPSA) is 253 Å². The van der Waals surface area contributed by atoms with Crippen molar-refractivity contribution in [3.05, 3.63) is 42.7 Å². The lowest BCUT2D eigenvalue weighted by Crippen LogP contribution is -2.70. The Balaban J connectivity index is 1.55. The van der Waals surface area contributed by atoms with Crippen LogP contribution in [0, 0.1) is 17.8 Å². The number of carbonyl (C=O) groups is 1. The molecule has 3 saturated heterocycles. The number of esters is 1. The Labute approximate surface area is 409 Å². The molecule has 7 N–H and O–H groups in total. The summed E-state index contributed by atoms with van der Waals surface area (Å²) in [4.78, 5) is 14.5. The molecule has 0 amide bonds. The number of sulfonamides is 1. The fourth-order valence-electron chi connectivity index (χ4n) is 10.6. The van der Waals surface area contributed by atoms with Crippen LogP contribution in [0.5, 0.6) is 0 Å². The van der Waals surface area contributed by atoms with Gasteiger partial charge in [0.2, 0.25) is 10.0 Å². The Morgan fingerprint density at radius 3 is 2.25 bits per heavy atom. The third kappa shape index (κ3) is 12.4. The predicted molar refractivity (Wildman–Crippen MR) is 256 cm³/mol. The average molecular weight is 998 g/mol. The smallest absolute Gasteiger partial charge is 0.311 e. The van der Waals surface area contributed by atoms with Crippen LogP contribution >= 0.6 is 0 Å². The summed E-state index contributed by atoms with van der Waals surface area (Å²) < 4.78 is 69.7. The van der Waals surface area contributed by atoms with Gasteiger partial charge in [0.25, 0.3) is 0 Å². The number of hydrogen-bond acceptors (Lipinski definition) is 17. The van der Waals surface area contributed by atoms with Gasteiger partial charge in [-0.15, -0.1) is 0 Å². The third-order valence-electron chi connectivity index (χ3n) is 15.1. The van der Waals surface area contributed by atoms with Crippen LogP contribution in [0.3, 0.4) is 0 Å². The number of nitrogens with one attached hydrogen (secondary N) is 2. The van der Waals surface area contributed by atoms with Crippen LogP contribution in [-0.2, 0) is 43.2 Å². The van der Waals surface area contributed by atoms with Crippen LogP contribution in [0.2, 0.25) is 0 Å². The Morgan fingerprint density at radius 1 is 0.986 bits per heavy atom. The molecule has 3 aliphatic rings. The number of carbonyl (C=O) groups excluding carboxylic acids is 1. The number of rotatable bonds is 14. The summed E-state index contributed by atoms with van der Waals surface area (Å²) in [5.41, 5.74) is -5.70. The summed E-state index contributed by atoms with van der Waals surface area (Å²) in [6.07, 6.45) is -6.06. The first kappa shape index (κ1) is 57.2. The quantitative estimate of drug-likeness (QED) is 0.106. The average Bonchev–Trinajstić information content (AvgIpc) is 3.85. The molecule has 0 spiro atoms. The standard InChI is InChI=1S/C49H83N5O14S/c1-14-21-50-28-49(60)34(8)65-39(26-47(49,10)63-13)67-41-31(5)43(46(9,58)25-29(3)27-51-33(7)42(56)48(11,59)38(15-2)66-44(57)32(41)6)68-45-40(55)37(24-30(4)64-45)53(12)69(61,62)36-19-17-35(18-20-36)54-23-16-22-52-54/h16-20,22-23,29-34,37-43,45,50-51,55-56,58-60H,14-15,21,24-28H2,1-13H3/t29-,30-,31+,32-,33-,34+,37+,38-,39+,40-,41+,42-,43-,45+,46-,47-,48-,49+/m1/s1. The molecular formula is C49H83N5O14S. The summed E-state index contributed by atoms with van der Waals surface area (Å²) in [5.74, 6) is -3.16. The van der Waals surface area contributed by atoms with Crippen molar-refractivity contribution < 1.29 is 67.2 Å². The first-order chi connectivity index (χ1) is 32.2. The molecule has 2 aromatic rings. The molecule has 0 aliphatic carbocycles. The van der Waals surface area contributed by atoms with E-state index in [0.29, 0.717) is 12.2 Å². The molecule has 3 fully saturated rings. The van der Waals surface area contributed by atoms with Crippen molar-refractivity contribution in [2.24, 2.45) is 17.8 Å². The predicted octanol–water partition coefficient (Wildman–Crippen LogP) is 2.87. The Morgan fingerprint density at radius 2 is 1.65 bits per heavy atom. The van der Waals surface area contributed by atoms with E-state index in [2.05, 4.69) is 15.7 Å². The maximum Gasteiger partial charge on any atom is 0.311 e. The van der Waals surface area contributed by atoms with Crippen LogP contribution in [-0.4, -0.2) is 178 Å². The fourth-order valence-corrected chi connectivity index (χ4v) is 12.0. The molecule has 3 aliphatic heterocycles. The van der Waals surface area contributed by atoms with E-state index < -0.39 is 118 Å². The van der Waals surface area contributed by atoms with Crippen molar-refractivity contribution in [3.8, 4) is 5.69 Å². The van der Waals surface area contributed by atoms with E-state index in [-0.39, 0.29) is 49.6 Å². The largest absolute Gasteiger partial charge is 0.459 e. The summed E-state index contributed by atoms with van der Waals surface area (Å²) in [5, 5.41) is 71.2. The van der Waals surface area contributed by atoms with Crippen LogP contribution in [0.15, 0.2) is 47.6 Å². The van der Waals surface area contributed by atoms with E-state index in [4.69, 9.17) is 28.4 Å². The summed E-state index contributed by atoms with van der Waals surface area (Å²) >= 11 is 0. The number of nitrogens with zero attached hydrogens (tertiary/aromatic N) is 3. The summed E-state index contributed by atoms with van der Waals surface area (Å²) in [6.45, 7) is 20.0. The Kier molecular flexibility index (Phi) is 19.1. The van der Waals surface area contributed by atoms with Crippen molar-refractivity contribution in [3.63, 3.8) is 0 Å². The van der Waals surface area contributed by atoms with Crippen LogP contribution < -0.4 is 10.6 Å². The van der Waals surface area contributed by atoms with E-state index in [1.807, 2.05) is 13.8 Å². The number of ether oxygens (including phenoxy) is 6. The zero-order valence-electron chi connectivity index (χ0n) is 42.9. The molecule has 4 heterocycles. The minimum atomic E-state index is -4.18. The van der Waals surface area contributed by atoms with Crippen molar-refractivity contribution in [2.45, 2.75) is 203 Å². The summed E-state index contributed by atoms with van der Waals surface area (Å²) in [6, 6.07) is 6.28. The zero-order chi connectivity index (χ0) is 51.4. The zero-order valence-corrected chi connectivity index (χ0v) is 43.8. The van der Waals surface area contributed by atoms with Gasteiger partial charge in [-0.25, -0.2) is 13.1 Å². The number of cyclic esters (lactones) is 1. The molecule has 0 unspecified atom stereocenters. The number of aliphatic hydroxyl groups is 5. The van der Waals surface area contributed by atoms with Gasteiger partial charge in [0.05, 0.1) is 52.6 Å². The summed E-state index contributed by atoms with van der Waals surface area (Å²) in [7, 11) is -1.29. The molecule has 20 heteroatoms. The lowest BCUT2D eigenvalue weighted by Gasteiger charge is -2.53. The highest BCUT2D eigenvalue weighted by molar-refractivity contribution is 7.89. The molecule has 0 radical (unpaired) electrons. The first-order valence-electron chi connectivity index (χ1n) is 24.6. The molecule has 0 saturated carbocycles. The van der Waals surface area contributed by atoms with Gasteiger partial charge in [-0.1, -0.05) is 27.7 Å². The highest BCUT2D eigenvalue weighted by atomic mass is 32.2. The maximum absolute atomic E-state index is 14.5. The molecular weight excluding hydrogens is 915 g/mol. The second kappa shape index (κ2) is 23.0. The van der Waals surface area contributed by atoms with Gasteiger partial charge >= 0.3 is 5.97 Å². The monoisotopic (exact) mass is 998 g/mol. The lowest BCUT2D eigenvalue weighted by atomic mass is 9.75. The lowest BCUT2D eigenvalue weighted by molar-refractivity contribution is -0.336. The number of hydrogen-bond donors (Lipinski definition) is 7. The van der Waals surface area contributed by atoms with Crippen molar-refractivity contribution in [1.82, 2.24) is 24.7 Å². The normalized spacial score (nSPS) is 41.3. The molecule has 394 valence electrons. The molecule has 19 nitrogen and oxygen atoms in total. The van der Waals surface area contributed by atoms with E-state index in [9.17, 15) is 38.7 Å². The molecule has 0 bridgehead atoms. The van der Waals surface area contributed by atoms with Gasteiger partial charge in [-0.2, -0.15) is 9.40 Å². The first-order valence-corrected chi connectivity index (χ1v) is 26.1. The van der Waals surface area contributed by atoms with Crippen molar-refractivity contribution in [1.29, 1.82) is 0 Å². The highest BCUT2D eigenvalue weighted by Gasteiger charge is 2.58. The van der Waals surface area contributed by atoms with Crippen molar-refractivity contribution in [2.75, 3.05) is 33.8 Å². The number of aromatic nitrogens is 2. The number of benzene rings is 1. The molecule has 18 atom stereocenters. The van der Waals surface area contributed by atoms with Crippen molar-refractivity contribution >= 4 is 16.0 Å². The van der Waals surface area contributed by atoms with Crippen LogP contribution in [0.4, 0.5) is 0 Å².